The van der Waals surface area contributed by atoms with Gasteiger partial charge in [0, 0.05) is 6.07 Å². The van der Waals surface area contributed by atoms with Gasteiger partial charge >= 0.3 is 0 Å². The first-order valence-electron chi connectivity index (χ1n) is 6.11. The minimum Gasteiger partial charge on any atom is -0.439 e. The molecule has 1 aliphatic carbocycles. The van der Waals surface area contributed by atoms with E-state index in [1.165, 1.54) is 24.0 Å². The van der Waals surface area contributed by atoms with Crippen molar-refractivity contribution in [2.24, 2.45) is 0 Å². The maximum absolute atomic E-state index is 5.73. The Bertz CT molecular complexity index is 575. The van der Waals surface area contributed by atoms with Crippen LogP contribution < -0.4 is 10.5 Å². The Morgan fingerprint density at radius 3 is 2.78 bits per heavy atom. The molecule has 0 fully saturated rings. The molecule has 0 aliphatic heterocycles. The third kappa shape index (κ3) is 2.14. The van der Waals surface area contributed by atoms with Crippen molar-refractivity contribution in [2.45, 2.75) is 26.2 Å². The second-order valence-electron chi connectivity index (χ2n) is 4.56. The maximum Gasteiger partial charge on any atom is 0.224 e. The van der Waals surface area contributed by atoms with Crippen LogP contribution in [0.1, 0.15) is 23.4 Å². The summed E-state index contributed by atoms with van der Waals surface area (Å²) in [6, 6.07) is 7.85. The normalized spacial score (nSPS) is 13.4. The van der Waals surface area contributed by atoms with Gasteiger partial charge in [0.2, 0.25) is 5.88 Å². The Morgan fingerprint density at radius 1 is 1.11 bits per heavy atom. The zero-order chi connectivity index (χ0) is 12.5. The van der Waals surface area contributed by atoms with Gasteiger partial charge in [0.05, 0.1) is 0 Å². The van der Waals surface area contributed by atoms with Gasteiger partial charge in [0.25, 0.3) is 0 Å². The fourth-order valence-corrected chi connectivity index (χ4v) is 2.35. The molecule has 0 spiro atoms. The number of nitrogens with zero attached hydrogens (tertiary/aromatic N) is 2. The number of hydrogen-bond acceptors (Lipinski definition) is 4. The number of hydrogen-bond donors (Lipinski definition) is 1. The van der Waals surface area contributed by atoms with Gasteiger partial charge in [-0.25, -0.2) is 4.98 Å². The SMILES string of the molecule is Cc1nc(N)cc(Oc2ccc3c(c2)CCC3)n1. The van der Waals surface area contributed by atoms with Crippen LogP contribution in [0.3, 0.4) is 0 Å². The Kier molecular flexibility index (Phi) is 2.63. The molecule has 1 aliphatic rings. The van der Waals surface area contributed by atoms with Gasteiger partial charge in [-0.3, -0.25) is 0 Å². The highest BCUT2D eigenvalue weighted by Gasteiger charge is 2.12. The molecule has 4 heteroatoms. The number of nitrogen functional groups attached to an aromatic ring is 1. The standard InChI is InChI=1S/C14H15N3O/c1-9-16-13(15)8-14(17-9)18-12-6-5-10-3-2-4-11(10)7-12/h5-8H,2-4H2,1H3,(H2,15,16,17). The first-order valence-corrected chi connectivity index (χ1v) is 6.11. The average molecular weight is 241 g/mol. The quantitative estimate of drug-likeness (QED) is 0.878. The van der Waals surface area contributed by atoms with E-state index in [0.717, 1.165) is 12.2 Å². The Labute approximate surface area is 106 Å². The van der Waals surface area contributed by atoms with Gasteiger partial charge in [-0.2, -0.15) is 4.98 Å². The highest BCUT2D eigenvalue weighted by molar-refractivity contribution is 5.41. The van der Waals surface area contributed by atoms with Crippen molar-refractivity contribution in [3.8, 4) is 11.6 Å². The van der Waals surface area contributed by atoms with E-state index in [2.05, 4.69) is 22.1 Å². The van der Waals surface area contributed by atoms with Crippen LogP contribution >= 0.6 is 0 Å². The van der Waals surface area contributed by atoms with E-state index in [1.54, 1.807) is 13.0 Å². The minimum atomic E-state index is 0.429. The van der Waals surface area contributed by atoms with Crippen LogP contribution in [-0.2, 0) is 12.8 Å². The fraction of sp³-hybridized carbons (Fsp3) is 0.286. The summed E-state index contributed by atoms with van der Waals surface area (Å²) in [7, 11) is 0. The first-order chi connectivity index (χ1) is 8.70. The van der Waals surface area contributed by atoms with Crippen LogP contribution in [0.4, 0.5) is 5.82 Å². The fourth-order valence-electron chi connectivity index (χ4n) is 2.35. The van der Waals surface area contributed by atoms with E-state index >= 15 is 0 Å². The van der Waals surface area contributed by atoms with E-state index in [9.17, 15) is 0 Å². The summed E-state index contributed by atoms with van der Waals surface area (Å²) < 4.78 is 5.73. The van der Waals surface area contributed by atoms with E-state index in [4.69, 9.17) is 10.5 Å². The smallest absolute Gasteiger partial charge is 0.224 e. The van der Waals surface area contributed by atoms with Crippen molar-refractivity contribution < 1.29 is 4.74 Å². The van der Waals surface area contributed by atoms with E-state index in [-0.39, 0.29) is 0 Å². The Balaban J connectivity index is 1.88. The molecule has 0 saturated carbocycles. The van der Waals surface area contributed by atoms with E-state index in [0.29, 0.717) is 17.5 Å². The monoisotopic (exact) mass is 241 g/mol. The Hall–Kier alpha value is -2.10. The van der Waals surface area contributed by atoms with Gasteiger partial charge in [0.1, 0.15) is 17.4 Å². The molecule has 4 nitrogen and oxygen atoms in total. The number of aromatic nitrogens is 2. The van der Waals surface area contributed by atoms with Crippen LogP contribution in [0.5, 0.6) is 11.6 Å². The second kappa shape index (κ2) is 4.29. The lowest BCUT2D eigenvalue weighted by Crippen LogP contribution is -1.98. The summed E-state index contributed by atoms with van der Waals surface area (Å²) in [6.07, 6.45) is 3.55. The minimum absolute atomic E-state index is 0.429. The molecule has 18 heavy (non-hydrogen) atoms. The zero-order valence-corrected chi connectivity index (χ0v) is 10.3. The Morgan fingerprint density at radius 2 is 1.94 bits per heavy atom. The maximum atomic E-state index is 5.73. The van der Waals surface area contributed by atoms with Crippen LogP contribution in [0.15, 0.2) is 24.3 Å². The van der Waals surface area contributed by atoms with Crippen LogP contribution in [0.25, 0.3) is 0 Å². The molecule has 2 N–H and O–H groups in total. The summed E-state index contributed by atoms with van der Waals surface area (Å²) in [6.45, 7) is 1.80. The number of nitrogens with two attached hydrogens (primary N) is 1. The van der Waals surface area contributed by atoms with Gasteiger partial charge < -0.3 is 10.5 Å². The molecule has 0 radical (unpaired) electrons. The first kappa shape index (κ1) is 11.0. The predicted molar refractivity (Wildman–Crippen MR) is 69.7 cm³/mol. The summed E-state index contributed by atoms with van der Waals surface area (Å²) >= 11 is 0. The molecule has 0 amide bonds. The van der Waals surface area contributed by atoms with Crippen molar-refractivity contribution >= 4 is 5.82 Å². The van der Waals surface area contributed by atoms with E-state index < -0.39 is 0 Å². The number of rotatable bonds is 2. The molecule has 0 saturated heterocycles. The summed E-state index contributed by atoms with van der Waals surface area (Å²) in [5.41, 5.74) is 8.48. The molecule has 0 atom stereocenters. The van der Waals surface area contributed by atoms with Crippen molar-refractivity contribution in [3.63, 3.8) is 0 Å². The lowest BCUT2D eigenvalue weighted by molar-refractivity contribution is 0.460. The molecule has 1 aromatic heterocycles. The zero-order valence-electron chi connectivity index (χ0n) is 10.3. The third-order valence-corrected chi connectivity index (χ3v) is 3.13. The highest BCUT2D eigenvalue weighted by atomic mass is 16.5. The van der Waals surface area contributed by atoms with Crippen LogP contribution in [0.2, 0.25) is 0 Å². The van der Waals surface area contributed by atoms with Gasteiger partial charge in [-0.15, -0.1) is 0 Å². The number of anilines is 1. The number of aryl methyl sites for hydroxylation is 3. The molecule has 3 rings (SSSR count). The number of benzene rings is 1. The predicted octanol–water partition coefficient (Wildman–Crippen LogP) is 2.65. The van der Waals surface area contributed by atoms with Crippen LogP contribution in [0, 0.1) is 6.92 Å². The molecule has 1 aromatic carbocycles. The van der Waals surface area contributed by atoms with Gasteiger partial charge in [-0.05, 0) is 49.4 Å². The van der Waals surface area contributed by atoms with Crippen LogP contribution in [-0.4, -0.2) is 9.97 Å². The van der Waals surface area contributed by atoms with Crippen molar-refractivity contribution in [3.05, 3.63) is 41.2 Å². The van der Waals surface area contributed by atoms with Crippen molar-refractivity contribution in [1.82, 2.24) is 9.97 Å². The molecule has 92 valence electrons. The lowest BCUT2D eigenvalue weighted by Gasteiger charge is -2.07. The summed E-state index contributed by atoms with van der Waals surface area (Å²) in [4.78, 5) is 8.23. The van der Waals surface area contributed by atoms with Gasteiger partial charge in [0.15, 0.2) is 0 Å². The average Bonchev–Trinajstić information content (AvgIpc) is 2.74. The second-order valence-corrected chi connectivity index (χ2v) is 4.56. The van der Waals surface area contributed by atoms with Gasteiger partial charge in [-0.1, -0.05) is 6.07 Å². The lowest BCUT2D eigenvalue weighted by atomic mass is 10.1. The molecular weight excluding hydrogens is 226 g/mol. The third-order valence-electron chi connectivity index (χ3n) is 3.13. The van der Waals surface area contributed by atoms with E-state index in [1.807, 2.05) is 6.07 Å². The molecule has 2 aromatic rings. The van der Waals surface area contributed by atoms with Crippen molar-refractivity contribution in [2.75, 3.05) is 5.73 Å². The number of fused-ring (bicyclic) bond motifs is 1. The topological polar surface area (TPSA) is 61.0 Å². The molecule has 0 unspecified atom stereocenters. The highest BCUT2D eigenvalue weighted by Crippen LogP contribution is 2.28. The molecular formula is C14H15N3O. The summed E-state index contributed by atoms with van der Waals surface area (Å²) in [5, 5.41) is 0. The van der Waals surface area contributed by atoms with Crippen molar-refractivity contribution in [1.29, 1.82) is 0 Å². The molecule has 1 heterocycles. The largest absolute Gasteiger partial charge is 0.439 e. The number of ether oxygens (including phenoxy) is 1. The summed E-state index contributed by atoms with van der Waals surface area (Å²) in [5.74, 6) is 2.36. The molecule has 0 bridgehead atoms.